The SMILES string of the molecule is COC(=O)[C@H]1C(=O)C2=C(C[C@H]1C)Nc1ccccc1N[C@@H]2c1ccc(OC(=O)c2ccc(Cl)cc2)c(OC)c1. The average molecular weight is 547 g/mol. The molecule has 8 nitrogen and oxygen atoms in total. The van der Waals surface area contributed by atoms with Crippen molar-refractivity contribution in [2.24, 2.45) is 11.8 Å². The topological polar surface area (TPSA) is 103 Å². The zero-order valence-electron chi connectivity index (χ0n) is 21.6. The number of hydrogen-bond acceptors (Lipinski definition) is 8. The summed E-state index contributed by atoms with van der Waals surface area (Å²) in [5, 5.41) is 7.40. The molecule has 0 radical (unpaired) electrons. The summed E-state index contributed by atoms with van der Waals surface area (Å²) in [7, 11) is 2.76. The maximum Gasteiger partial charge on any atom is 0.343 e. The first kappa shape index (κ1) is 26.3. The van der Waals surface area contributed by atoms with E-state index in [0.29, 0.717) is 33.9 Å². The van der Waals surface area contributed by atoms with E-state index in [-0.39, 0.29) is 17.5 Å². The Labute approximate surface area is 230 Å². The summed E-state index contributed by atoms with van der Waals surface area (Å²) in [6, 6.07) is 18.5. The van der Waals surface area contributed by atoms with Gasteiger partial charge in [0.05, 0.1) is 37.2 Å². The molecule has 0 saturated heterocycles. The molecule has 0 bridgehead atoms. The maximum absolute atomic E-state index is 13.9. The number of ketones is 1. The Morgan fingerprint density at radius 3 is 2.36 bits per heavy atom. The number of allylic oxidation sites excluding steroid dienone is 1. The van der Waals surface area contributed by atoms with Crippen LogP contribution in [0.25, 0.3) is 0 Å². The van der Waals surface area contributed by atoms with Crippen molar-refractivity contribution in [3.63, 3.8) is 0 Å². The molecular formula is C30H27ClN2O6. The van der Waals surface area contributed by atoms with Gasteiger partial charge in [0.2, 0.25) is 0 Å². The summed E-state index contributed by atoms with van der Waals surface area (Å²) < 4.78 is 16.2. The number of fused-ring (bicyclic) bond motifs is 1. The zero-order valence-corrected chi connectivity index (χ0v) is 22.4. The molecule has 0 aromatic heterocycles. The van der Waals surface area contributed by atoms with Gasteiger partial charge in [0.15, 0.2) is 17.3 Å². The van der Waals surface area contributed by atoms with Crippen molar-refractivity contribution in [3.8, 4) is 11.5 Å². The maximum atomic E-state index is 13.9. The Morgan fingerprint density at radius 2 is 1.67 bits per heavy atom. The summed E-state index contributed by atoms with van der Waals surface area (Å²) >= 11 is 5.92. The predicted molar refractivity (Wildman–Crippen MR) is 147 cm³/mol. The highest BCUT2D eigenvalue weighted by Gasteiger charge is 2.44. The third kappa shape index (κ3) is 5.07. The van der Waals surface area contributed by atoms with Crippen LogP contribution >= 0.6 is 11.6 Å². The van der Waals surface area contributed by atoms with Gasteiger partial charge in [0, 0.05) is 16.3 Å². The van der Waals surface area contributed by atoms with Crippen molar-refractivity contribution >= 4 is 40.7 Å². The second kappa shape index (κ2) is 10.8. The molecule has 1 aliphatic carbocycles. The van der Waals surface area contributed by atoms with Crippen LogP contribution in [0, 0.1) is 11.8 Å². The molecule has 5 rings (SSSR count). The normalized spacial score (nSPS) is 20.0. The van der Waals surface area contributed by atoms with Gasteiger partial charge in [0.1, 0.15) is 5.92 Å². The molecule has 1 heterocycles. The molecule has 3 atom stereocenters. The third-order valence-corrected chi connectivity index (χ3v) is 7.28. The largest absolute Gasteiger partial charge is 0.493 e. The van der Waals surface area contributed by atoms with Gasteiger partial charge in [-0.3, -0.25) is 9.59 Å². The molecule has 2 aliphatic rings. The first-order chi connectivity index (χ1) is 18.8. The molecule has 9 heteroatoms. The minimum Gasteiger partial charge on any atom is -0.493 e. The van der Waals surface area contributed by atoms with E-state index < -0.39 is 23.9 Å². The number of Topliss-reactive ketones (excluding diaryl/α,β-unsaturated/α-hetero) is 1. The van der Waals surface area contributed by atoms with Crippen LogP contribution in [0.4, 0.5) is 11.4 Å². The monoisotopic (exact) mass is 546 g/mol. The molecule has 0 amide bonds. The highest BCUT2D eigenvalue weighted by molar-refractivity contribution is 6.30. The fraction of sp³-hybridized carbons (Fsp3) is 0.233. The molecule has 0 unspecified atom stereocenters. The first-order valence-corrected chi connectivity index (χ1v) is 12.8. The van der Waals surface area contributed by atoms with Gasteiger partial charge in [-0.2, -0.15) is 0 Å². The molecule has 0 fully saturated rings. The molecule has 3 aromatic carbocycles. The minimum atomic E-state index is -0.914. The molecule has 0 spiro atoms. The van der Waals surface area contributed by atoms with Crippen LogP contribution in [0.2, 0.25) is 5.02 Å². The number of esters is 2. The van der Waals surface area contributed by atoms with Crippen LogP contribution in [0.3, 0.4) is 0 Å². The van der Waals surface area contributed by atoms with Crippen molar-refractivity contribution in [2.75, 3.05) is 24.9 Å². The van der Waals surface area contributed by atoms with Crippen LogP contribution in [0.1, 0.15) is 35.3 Å². The molecule has 39 heavy (non-hydrogen) atoms. The van der Waals surface area contributed by atoms with Crippen LogP contribution in [-0.4, -0.2) is 31.9 Å². The molecule has 200 valence electrons. The highest BCUT2D eigenvalue weighted by atomic mass is 35.5. The van der Waals surface area contributed by atoms with Crippen molar-refractivity contribution in [3.05, 3.63) is 94.1 Å². The molecule has 0 saturated carbocycles. The second-order valence-electron chi connectivity index (χ2n) is 9.49. The summed E-state index contributed by atoms with van der Waals surface area (Å²) in [6.45, 7) is 1.87. The van der Waals surface area contributed by atoms with Crippen LogP contribution in [-0.2, 0) is 14.3 Å². The molecular weight excluding hydrogens is 520 g/mol. The Kier molecular flexibility index (Phi) is 7.30. The van der Waals surface area contributed by atoms with Crippen molar-refractivity contribution in [1.82, 2.24) is 0 Å². The summed E-state index contributed by atoms with van der Waals surface area (Å²) in [5.74, 6) is -2.05. The number of methoxy groups -OCH3 is 2. The van der Waals surface area contributed by atoms with Gasteiger partial charge < -0.3 is 24.8 Å². The average Bonchev–Trinajstić information content (AvgIpc) is 3.10. The Hall–Kier alpha value is -4.30. The van der Waals surface area contributed by atoms with E-state index >= 15 is 0 Å². The Balaban J connectivity index is 1.55. The van der Waals surface area contributed by atoms with E-state index in [1.165, 1.54) is 14.2 Å². The lowest BCUT2D eigenvalue weighted by atomic mass is 9.75. The van der Waals surface area contributed by atoms with Gasteiger partial charge in [-0.25, -0.2) is 4.79 Å². The number of carbonyl (C=O) groups is 3. The second-order valence-corrected chi connectivity index (χ2v) is 9.93. The van der Waals surface area contributed by atoms with E-state index in [0.717, 1.165) is 17.1 Å². The lowest BCUT2D eigenvalue weighted by Crippen LogP contribution is -2.39. The van der Waals surface area contributed by atoms with Crippen molar-refractivity contribution in [2.45, 2.75) is 19.4 Å². The first-order valence-electron chi connectivity index (χ1n) is 12.4. The van der Waals surface area contributed by atoms with E-state index in [1.54, 1.807) is 42.5 Å². The lowest BCUT2D eigenvalue weighted by molar-refractivity contribution is -0.151. The fourth-order valence-electron chi connectivity index (χ4n) is 5.08. The van der Waals surface area contributed by atoms with Crippen LogP contribution in [0.15, 0.2) is 78.0 Å². The van der Waals surface area contributed by atoms with Gasteiger partial charge in [-0.1, -0.05) is 36.7 Å². The number of para-hydroxylation sites is 2. The lowest BCUT2D eigenvalue weighted by Gasteiger charge is -2.32. The van der Waals surface area contributed by atoms with Gasteiger partial charge in [-0.05, 0) is 66.4 Å². The van der Waals surface area contributed by atoms with Gasteiger partial charge >= 0.3 is 11.9 Å². The molecule has 3 aromatic rings. The Bertz CT molecular complexity index is 1480. The van der Waals surface area contributed by atoms with Gasteiger partial charge in [-0.15, -0.1) is 0 Å². The number of nitrogens with one attached hydrogen (secondary N) is 2. The van der Waals surface area contributed by atoms with Crippen LogP contribution in [0.5, 0.6) is 11.5 Å². The van der Waals surface area contributed by atoms with Gasteiger partial charge in [0.25, 0.3) is 0 Å². The fourth-order valence-corrected chi connectivity index (χ4v) is 5.20. The Morgan fingerprint density at radius 1 is 0.949 bits per heavy atom. The quantitative estimate of drug-likeness (QED) is 0.235. The van der Waals surface area contributed by atoms with Crippen molar-refractivity contribution in [1.29, 1.82) is 0 Å². The highest BCUT2D eigenvalue weighted by Crippen LogP contribution is 2.45. The van der Waals surface area contributed by atoms with Crippen molar-refractivity contribution < 1.29 is 28.6 Å². The van der Waals surface area contributed by atoms with Crippen LogP contribution < -0.4 is 20.1 Å². The standard InChI is InChI=1S/C30H27ClN2O6/c1-16-14-22-26(28(34)25(16)30(36)38-3)27(33-21-7-5-4-6-20(21)32-22)18-10-13-23(24(15-18)37-2)39-29(35)17-8-11-19(31)12-9-17/h4-13,15-16,25,27,32-33H,14H2,1-3H3/t16-,25-,27-/m1/s1. The number of halogens is 1. The summed E-state index contributed by atoms with van der Waals surface area (Å²) in [6.07, 6.45) is 0.487. The third-order valence-electron chi connectivity index (χ3n) is 7.03. The summed E-state index contributed by atoms with van der Waals surface area (Å²) in [5.41, 5.74) is 3.84. The smallest absolute Gasteiger partial charge is 0.343 e. The number of rotatable bonds is 5. The van der Waals surface area contributed by atoms with E-state index in [1.807, 2.05) is 31.2 Å². The number of carbonyl (C=O) groups excluding carboxylic acids is 3. The number of benzene rings is 3. The summed E-state index contributed by atoms with van der Waals surface area (Å²) in [4.78, 5) is 39.2. The number of ether oxygens (including phenoxy) is 3. The zero-order chi connectivity index (χ0) is 27.7. The van der Waals surface area contributed by atoms with E-state index in [2.05, 4.69) is 10.6 Å². The van der Waals surface area contributed by atoms with E-state index in [9.17, 15) is 14.4 Å². The van der Waals surface area contributed by atoms with E-state index in [4.69, 9.17) is 25.8 Å². The minimum absolute atomic E-state index is 0.221. The number of anilines is 2. The number of hydrogen-bond donors (Lipinski definition) is 2. The predicted octanol–water partition coefficient (Wildman–Crippen LogP) is 5.80. The molecule has 2 N–H and O–H groups in total. The molecule has 1 aliphatic heterocycles.